The van der Waals surface area contributed by atoms with Crippen LogP contribution in [0.15, 0.2) is 13.6 Å². The van der Waals surface area contributed by atoms with Crippen LogP contribution in [0.5, 0.6) is 0 Å². The number of carbonyl (C=O) groups excluding carboxylic acids is 1. The molecule has 0 aliphatic heterocycles. The summed E-state index contributed by atoms with van der Waals surface area (Å²) in [4.78, 5) is 21.5. The summed E-state index contributed by atoms with van der Waals surface area (Å²) >= 11 is 1.05. The van der Waals surface area contributed by atoms with E-state index >= 15 is 0 Å². The zero-order chi connectivity index (χ0) is 10.6. The average molecular weight is 218 g/mol. The van der Waals surface area contributed by atoms with Gasteiger partial charge in [-0.05, 0) is 18.7 Å². The second-order valence-electron chi connectivity index (χ2n) is 2.41. The number of thioether (sulfide) groups is 1. The highest BCUT2D eigenvalue weighted by atomic mass is 32.2. The molecular weight excluding hydrogens is 208 g/mol. The molecule has 14 heavy (non-hydrogen) atoms. The summed E-state index contributed by atoms with van der Waals surface area (Å²) in [5.74, 6) is 0.453. The highest BCUT2D eigenvalue weighted by Crippen LogP contribution is 2.10. The molecule has 0 spiro atoms. The Hall–Kier alpha value is -1.17. The largest absolute Gasteiger partial charge is 0.519 e. The Labute approximate surface area is 84.4 Å². The Morgan fingerprint density at radius 3 is 2.71 bits per heavy atom. The number of ether oxygens (including phenoxy) is 1. The predicted octanol–water partition coefficient (Wildman–Crippen LogP) is 1.93. The molecular formula is C8H10O5S. The normalized spacial score (nSPS) is 10.1. The van der Waals surface area contributed by atoms with Crippen LogP contribution in [0.25, 0.3) is 0 Å². The van der Waals surface area contributed by atoms with Gasteiger partial charge < -0.3 is 13.6 Å². The minimum atomic E-state index is -0.781. The minimum Gasteiger partial charge on any atom is -0.449 e. The monoisotopic (exact) mass is 218 g/mol. The molecule has 0 aromatic carbocycles. The molecule has 0 saturated heterocycles. The van der Waals surface area contributed by atoms with E-state index in [9.17, 15) is 9.59 Å². The van der Waals surface area contributed by atoms with Crippen LogP contribution in [0.4, 0.5) is 4.79 Å². The molecule has 1 rings (SSSR count). The lowest BCUT2D eigenvalue weighted by Gasteiger charge is -1.99. The predicted molar refractivity (Wildman–Crippen MR) is 50.3 cm³/mol. The van der Waals surface area contributed by atoms with Crippen molar-refractivity contribution in [3.05, 3.63) is 22.1 Å². The lowest BCUT2D eigenvalue weighted by atomic mass is 10.4. The molecule has 0 fully saturated rings. The summed E-state index contributed by atoms with van der Waals surface area (Å²) in [7, 11) is 0. The third kappa shape index (κ3) is 2.95. The molecule has 0 unspecified atom stereocenters. The van der Waals surface area contributed by atoms with Gasteiger partial charge in [0, 0.05) is 5.75 Å². The zero-order valence-electron chi connectivity index (χ0n) is 7.86. The van der Waals surface area contributed by atoms with E-state index in [2.05, 4.69) is 8.83 Å². The van der Waals surface area contributed by atoms with Crippen molar-refractivity contribution in [1.29, 1.82) is 0 Å². The van der Waals surface area contributed by atoms with Crippen molar-refractivity contribution in [3.8, 4) is 0 Å². The van der Waals surface area contributed by atoms with Crippen LogP contribution in [0.2, 0.25) is 0 Å². The van der Waals surface area contributed by atoms with Crippen LogP contribution < -0.4 is 5.82 Å². The van der Waals surface area contributed by atoms with E-state index in [1.807, 2.05) is 6.92 Å². The smallest absolute Gasteiger partial charge is 0.449 e. The number of hydrogen-bond acceptors (Lipinski definition) is 6. The van der Waals surface area contributed by atoms with E-state index in [0.29, 0.717) is 11.5 Å². The van der Waals surface area contributed by atoms with Crippen molar-refractivity contribution in [2.24, 2.45) is 0 Å². The second-order valence-corrected chi connectivity index (χ2v) is 3.60. The van der Waals surface area contributed by atoms with Gasteiger partial charge in [0.1, 0.15) is 0 Å². The molecule has 1 aromatic rings. The van der Waals surface area contributed by atoms with Gasteiger partial charge in [-0.3, -0.25) is 0 Å². The van der Waals surface area contributed by atoms with E-state index in [1.165, 1.54) is 0 Å². The third-order valence-electron chi connectivity index (χ3n) is 1.42. The van der Waals surface area contributed by atoms with Crippen LogP contribution in [-0.4, -0.2) is 11.1 Å². The van der Waals surface area contributed by atoms with Gasteiger partial charge >= 0.3 is 11.1 Å². The summed E-state index contributed by atoms with van der Waals surface area (Å²) in [5.41, 5.74) is 0. The molecule has 0 saturated carbocycles. The van der Waals surface area contributed by atoms with Gasteiger partial charge in [0.25, 0.3) is 0 Å². The first-order valence-corrected chi connectivity index (χ1v) is 5.01. The van der Waals surface area contributed by atoms with Crippen molar-refractivity contribution in [3.63, 3.8) is 0 Å². The highest BCUT2D eigenvalue weighted by molar-refractivity contribution is 8.13. The Bertz CT molecular complexity index is 364. The van der Waals surface area contributed by atoms with Crippen LogP contribution >= 0.6 is 11.8 Å². The molecule has 0 aliphatic rings. The summed E-state index contributed by atoms with van der Waals surface area (Å²) in [6.07, 6.45) is 0. The van der Waals surface area contributed by atoms with Crippen molar-refractivity contribution in [1.82, 2.24) is 0 Å². The maximum absolute atomic E-state index is 10.9. The summed E-state index contributed by atoms with van der Waals surface area (Å²) in [6, 6.07) is 0. The lowest BCUT2D eigenvalue weighted by molar-refractivity contribution is 0.158. The Kier molecular flexibility index (Phi) is 3.82. The highest BCUT2D eigenvalue weighted by Gasteiger charge is 2.10. The molecule has 0 amide bonds. The minimum absolute atomic E-state index is 0.0661. The Morgan fingerprint density at radius 1 is 1.50 bits per heavy atom. The molecule has 5 nitrogen and oxygen atoms in total. The Balaban J connectivity index is 2.49. The van der Waals surface area contributed by atoms with Crippen LogP contribution in [-0.2, 0) is 11.3 Å². The van der Waals surface area contributed by atoms with Crippen LogP contribution in [0.1, 0.15) is 18.4 Å². The summed E-state index contributed by atoms with van der Waals surface area (Å²) in [5, 5.41) is -0.393. The average Bonchev–Trinajstić information content (AvgIpc) is 2.42. The molecule has 0 bridgehead atoms. The summed E-state index contributed by atoms with van der Waals surface area (Å²) in [6.45, 7) is 3.35. The molecule has 0 N–H and O–H groups in total. The van der Waals surface area contributed by atoms with Crippen molar-refractivity contribution in [2.45, 2.75) is 20.5 Å². The molecule has 0 atom stereocenters. The number of hydrogen-bond donors (Lipinski definition) is 0. The fourth-order valence-corrected chi connectivity index (χ4v) is 1.17. The van der Waals surface area contributed by atoms with Gasteiger partial charge in [-0.25, -0.2) is 9.59 Å². The van der Waals surface area contributed by atoms with Gasteiger partial charge in [0.15, 0.2) is 18.1 Å². The maximum Gasteiger partial charge on any atom is 0.519 e. The molecule has 1 aromatic heterocycles. The summed E-state index contributed by atoms with van der Waals surface area (Å²) < 4.78 is 14.0. The fraction of sp³-hybridized carbons (Fsp3) is 0.500. The first kappa shape index (κ1) is 10.9. The van der Waals surface area contributed by atoms with Crippen LogP contribution in [0.3, 0.4) is 0 Å². The molecule has 78 valence electrons. The van der Waals surface area contributed by atoms with Gasteiger partial charge in [0.05, 0.1) is 0 Å². The number of rotatable bonds is 3. The number of carbonyl (C=O) groups is 1. The molecule has 0 aliphatic carbocycles. The topological polar surface area (TPSA) is 69.7 Å². The van der Waals surface area contributed by atoms with Crippen molar-refractivity contribution >= 4 is 17.1 Å². The van der Waals surface area contributed by atoms with E-state index in [1.54, 1.807) is 6.92 Å². The molecule has 6 heteroatoms. The third-order valence-corrected chi connectivity index (χ3v) is 2.06. The maximum atomic E-state index is 10.9. The van der Waals surface area contributed by atoms with Gasteiger partial charge in [0.2, 0.25) is 0 Å². The van der Waals surface area contributed by atoms with E-state index < -0.39 is 11.1 Å². The van der Waals surface area contributed by atoms with Gasteiger partial charge in [-0.15, -0.1) is 0 Å². The lowest BCUT2D eigenvalue weighted by Crippen LogP contribution is -1.98. The van der Waals surface area contributed by atoms with E-state index in [0.717, 1.165) is 11.8 Å². The van der Waals surface area contributed by atoms with Crippen molar-refractivity contribution in [2.75, 3.05) is 5.75 Å². The second kappa shape index (κ2) is 4.90. The first-order valence-electron chi connectivity index (χ1n) is 4.02. The SMILES string of the molecule is CCSC(=O)OCc1oc(=O)oc1C. The van der Waals surface area contributed by atoms with Crippen molar-refractivity contribution < 1.29 is 18.4 Å². The first-order chi connectivity index (χ1) is 6.63. The standard InChI is InChI=1S/C8H10O5S/c1-3-14-8(10)11-4-6-5(2)12-7(9)13-6/h3-4H2,1-2H3. The van der Waals surface area contributed by atoms with Gasteiger partial charge in [-0.2, -0.15) is 0 Å². The zero-order valence-corrected chi connectivity index (χ0v) is 8.68. The van der Waals surface area contributed by atoms with E-state index in [-0.39, 0.29) is 12.4 Å². The van der Waals surface area contributed by atoms with E-state index in [4.69, 9.17) is 4.74 Å². The fourth-order valence-electron chi connectivity index (χ4n) is 0.790. The van der Waals surface area contributed by atoms with Gasteiger partial charge in [-0.1, -0.05) is 6.92 Å². The quantitative estimate of drug-likeness (QED) is 0.722. The molecule has 0 radical (unpaired) electrons. The number of aryl methyl sites for hydroxylation is 1. The molecule has 1 heterocycles. The Morgan fingerprint density at radius 2 is 2.21 bits per heavy atom. The van der Waals surface area contributed by atoms with Crippen LogP contribution in [0, 0.1) is 6.92 Å².